The van der Waals surface area contributed by atoms with Crippen LogP contribution < -0.4 is 53.6 Å². The summed E-state index contributed by atoms with van der Waals surface area (Å²) in [4.78, 5) is 95.2. The summed E-state index contributed by atoms with van der Waals surface area (Å²) in [6.07, 6.45) is 22.9. The van der Waals surface area contributed by atoms with Gasteiger partial charge in [0.15, 0.2) is 87.0 Å². The third-order valence-corrected chi connectivity index (χ3v) is 30.2. The Hall–Kier alpha value is -8.02. The van der Waals surface area contributed by atoms with Gasteiger partial charge in [0.05, 0.1) is 75.9 Å². The number of imidazole rings is 5. The number of nitrogen functional groups attached to an aromatic ring is 2. The second-order valence-corrected chi connectivity index (χ2v) is 59.0. The van der Waals surface area contributed by atoms with Crippen LogP contribution >= 0.6 is 46.0 Å². The Morgan fingerprint density at radius 2 is 0.674 bits per heavy atom. The van der Waals surface area contributed by atoms with E-state index >= 15 is 0 Å². The molecular formula is C82H133ClN25O19P5. The smallest absolute Gasteiger partial charge is 0.280 e. The first-order valence-corrected chi connectivity index (χ1v) is 59.5. The monoisotopic (exact) mass is 1960 g/mol. The highest BCUT2D eigenvalue weighted by Crippen LogP contribution is 2.47. The number of halogens is 1. The van der Waals surface area contributed by atoms with Crippen LogP contribution in [0.1, 0.15) is 110 Å². The van der Waals surface area contributed by atoms with Crippen molar-refractivity contribution in [2.75, 3.05) is 158 Å². The highest BCUT2D eigenvalue weighted by molar-refractivity contribution is 7.73. The van der Waals surface area contributed by atoms with Crippen LogP contribution in [0.25, 0.3) is 55.8 Å². The van der Waals surface area contributed by atoms with Crippen LogP contribution in [-0.4, -0.2) is 397 Å². The predicted octanol–water partition coefficient (Wildman–Crippen LogP) is 3.89. The predicted molar refractivity (Wildman–Crippen MR) is 528 cm³/mol. The molecule has 10 aromatic rings. The number of aliphatic hydroxyl groups excluding tert-OH is 9. The van der Waals surface area contributed by atoms with E-state index in [1.165, 1.54) is 46.1 Å². The summed E-state index contributed by atoms with van der Waals surface area (Å²) in [5, 5.41) is 102. The molecule has 0 amide bonds. The molecule has 5 saturated heterocycles. The molecule has 0 bridgehead atoms. The summed E-state index contributed by atoms with van der Waals surface area (Å²) in [6, 6.07) is 0. The van der Waals surface area contributed by atoms with E-state index < -0.39 is 150 Å². The standard InChI is InChI=1S/C18H30N5O4P.C17H28N5O4P.C16H25ClN5O3P.C16H26N5O4P.C15H24N5O4P/c1-5-6-8-19-18-21-15-12(16(26)22-18)20-10-23(15)17-14(25)13(24)11(27-17)7-9-28(2,3)4;1-5-7-18-17-20-14-11(15(25)21-17)19-9-22(14)16-13(24)12(23)10(26-16)6-8-27(2,3)4;1-5-24-14-11-13(20-16(18)21-14)22(8-19-11)15-10(17)12(23)9(25-15)6-7-26(2,3)4;1-5-17-16-19-13-10(14(24)20-16)18-8-21(13)15-12(23)11(22)9(25-15)6-7-26(2,3)4;1-23-13-9-12(18-15(16)19-13)20(7-17-9)14-11(22)10(21)8(24-14)5-6-25(2,3)4/h10-11,13-14,17,24-25H,2,5-9H2,1,3-4H3,(H2,19,21,22,26);9-10,12-13,16,23-24H,2,5-8H2,1,3-4H3,(H2,18,20,21,25);8-10,12,15,23H,2,5-7H2,1,3-4H3,(H2,18,20,21);8-9,11-12,15,22-23H,2,5-7H2,1,3-4H3,(H2,17,19,20,24);7-8,10-11,14,21-22H,2,5-6H2,1,3-4H3,(H2,16,18,19)/t11-,13-,14-,17?;10-,12-,13-,16?;9-,10-,12-,15?;9-,11-,12-,15?;8-,10-,11-,14?/m11111/s1. The average Bonchev–Trinajstić information content (AvgIpc) is 1.64. The summed E-state index contributed by atoms with van der Waals surface area (Å²) in [7, 11) is 1.46. The van der Waals surface area contributed by atoms with Gasteiger partial charge in [0.2, 0.25) is 41.5 Å². The molecule has 20 atom stereocenters. The van der Waals surface area contributed by atoms with E-state index in [1.807, 2.05) is 20.8 Å². The number of nitrogens with one attached hydrogen (secondary N) is 6. The van der Waals surface area contributed by atoms with Crippen LogP contribution in [0.2, 0.25) is 0 Å². The fraction of sp³-hybridized carbons (Fsp3) is 0.634. The number of rotatable bonds is 32. The van der Waals surface area contributed by atoms with Crippen LogP contribution in [0.4, 0.5) is 29.7 Å². The summed E-state index contributed by atoms with van der Waals surface area (Å²) in [5.74, 6) is 1.67. The first-order chi connectivity index (χ1) is 62.0. The van der Waals surface area contributed by atoms with Gasteiger partial charge in [-0.25, -0.2) is 24.9 Å². The zero-order chi connectivity index (χ0) is 96.7. The van der Waals surface area contributed by atoms with Crippen molar-refractivity contribution < 1.29 is 79.1 Å². The molecule has 44 nitrogen and oxygen atoms in total. The number of nitrogens with zero attached hydrogens (tertiary/aromatic N) is 17. The topological polar surface area (TPSA) is 613 Å². The van der Waals surface area contributed by atoms with Gasteiger partial charge >= 0.3 is 0 Å². The molecule has 0 aromatic carbocycles. The molecule has 0 spiro atoms. The third kappa shape index (κ3) is 25.6. The molecule has 19 N–H and O–H groups in total. The molecule has 0 aliphatic carbocycles. The van der Waals surface area contributed by atoms with E-state index in [0.717, 1.165) is 50.1 Å². The molecule has 5 fully saturated rings. The Balaban J connectivity index is 0.000000159. The maximum absolute atomic E-state index is 12.3. The Morgan fingerprint density at radius 3 is 0.977 bits per heavy atom. The van der Waals surface area contributed by atoms with Crippen molar-refractivity contribution in [3.8, 4) is 11.8 Å². The van der Waals surface area contributed by atoms with Gasteiger partial charge in [0, 0.05) is 19.6 Å². The number of aromatic amines is 3. The van der Waals surface area contributed by atoms with Crippen molar-refractivity contribution in [3.63, 3.8) is 0 Å². The molecule has 10 aromatic heterocycles. The number of anilines is 5. The van der Waals surface area contributed by atoms with Gasteiger partial charge in [-0.05, 0) is 156 Å². The van der Waals surface area contributed by atoms with Crippen LogP contribution in [0, 0.1) is 0 Å². The molecule has 0 radical (unpaired) electrons. The van der Waals surface area contributed by atoms with Gasteiger partial charge in [0.25, 0.3) is 16.7 Å². The minimum atomic E-state index is -1.27. The number of nitrogens with two attached hydrogens (primary N) is 2. The number of unbranched alkanes of at least 4 members (excludes halogenated alkanes) is 1. The molecule has 50 heteroatoms. The number of aliphatic hydroxyl groups is 9. The zero-order valence-electron chi connectivity index (χ0n) is 77.5. The largest absolute Gasteiger partial charge is 0.479 e. The Kier molecular flexibility index (Phi) is 34.8. The SMILES string of the molecule is C=P(C)(C)CC[C@H]1OC(n2cnc3c(=O)[nH]c(NCC)nc32)[C@H](O)[C@@H]1O.C=P(C)(C)CC[C@H]1OC(n2cnc3c(=O)[nH]c(NCCC)nc32)[C@H](O)[C@@H]1O.C=P(C)(C)CC[C@H]1OC(n2cnc3c(=O)[nH]c(NCCCC)nc32)[C@H](O)[C@@H]1O.C=P(C)(C)CC[C@H]1OC(n2cnc3c(OC)nc(N)nc32)[C@H](O)[C@@H]1O.C=P(C)(C)CC[C@H]1OC(n2cnc3c(OCC)nc(N)nc32)[C@H](Cl)[C@@H]1O. The maximum Gasteiger partial charge on any atom is 0.280 e. The van der Waals surface area contributed by atoms with Gasteiger partial charge in [-0.1, -0.05) is 20.3 Å². The van der Waals surface area contributed by atoms with Crippen LogP contribution in [-0.2, 0) is 23.7 Å². The lowest BCUT2D eigenvalue weighted by Crippen LogP contribution is -2.32. The molecule has 5 unspecified atom stereocenters. The van der Waals surface area contributed by atoms with Crippen molar-refractivity contribution in [2.45, 2.75) is 201 Å². The molecule has 0 saturated carbocycles. The van der Waals surface area contributed by atoms with Crippen LogP contribution in [0.15, 0.2) is 46.0 Å². The van der Waals surface area contributed by atoms with Gasteiger partial charge in [-0.15, -0.1) is 77.5 Å². The van der Waals surface area contributed by atoms with E-state index in [2.05, 4.69) is 196 Å². The van der Waals surface area contributed by atoms with Crippen molar-refractivity contribution in [1.29, 1.82) is 0 Å². The van der Waals surface area contributed by atoms with Crippen molar-refractivity contribution in [3.05, 3.63) is 62.7 Å². The summed E-state index contributed by atoms with van der Waals surface area (Å²) < 4.78 is 48.2. The van der Waals surface area contributed by atoms with Gasteiger partial charge < -0.3 is 107 Å². The van der Waals surface area contributed by atoms with Crippen LogP contribution in [0.3, 0.4) is 0 Å². The van der Waals surface area contributed by atoms with Gasteiger partial charge in [-0.3, -0.25) is 52.2 Å². The summed E-state index contributed by atoms with van der Waals surface area (Å²) in [6.45, 7) is 25.2. The minimum absolute atomic E-state index is 0.0271. The lowest BCUT2D eigenvalue weighted by atomic mass is 10.1. The second kappa shape index (κ2) is 44.0. The van der Waals surface area contributed by atoms with E-state index in [1.54, 1.807) is 15.5 Å². The molecular weight excluding hydrogens is 1830 g/mol. The van der Waals surface area contributed by atoms with Crippen molar-refractivity contribution in [2.24, 2.45) is 0 Å². The molecule has 732 valence electrons. The number of alkyl halides is 1. The minimum Gasteiger partial charge on any atom is -0.479 e. The van der Waals surface area contributed by atoms with Gasteiger partial charge in [0.1, 0.15) is 60.3 Å². The normalized spacial score (nSPS) is 26.3. The number of fused-ring (bicyclic) bond motifs is 5. The quantitative estimate of drug-likeness (QED) is 0.0161. The maximum atomic E-state index is 12.3. The van der Waals surface area contributed by atoms with Crippen molar-refractivity contribution >= 4 is 163 Å². The number of ether oxygens (including phenoxy) is 7. The lowest BCUT2D eigenvalue weighted by Gasteiger charge is -2.18. The fourth-order valence-corrected chi connectivity index (χ4v) is 20.4. The van der Waals surface area contributed by atoms with Crippen molar-refractivity contribution in [1.82, 2.24) is 97.6 Å². The molecule has 15 rings (SSSR count). The van der Waals surface area contributed by atoms with E-state index in [-0.39, 0.29) is 57.1 Å². The average molecular weight is 1960 g/mol. The Labute approximate surface area is 769 Å². The fourth-order valence-electron chi connectivity index (χ4n) is 15.3. The highest BCUT2D eigenvalue weighted by Gasteiger charge is 2.50. The Bertz CT molecular complexity index is 6040. The number of hydrogen-bond acceptors (Lipinski definition) is 36. The Morgan fingerprint density at radius 1 is 0.394 bits per heavy atom. The molecule has 132 heavy (non-hydrogen) atoms. The summed E-state index contributed by atoms with van der Waals surface area (Å²) >= 11 is 6.47. The first-order valence-electron chi connectivity index (χ1n) is 43.7. The van der Waals surface area contributed by atoms with E-state index in [4.69, 9.17) is 56.2 Å². The third-order valence-electron chi connectivity index (χ3n) is 22.4. The van der Waals surface area contributed by atoms with Crippen LogP contribution in [0.5, 0.6) is 11.8 Å². The van der Waals surface area contributed by atoms with E-state index in [9.17, 15) is 60.3 Å². The lowest BCUT2D eigenvalue weighted by molar-refractivity contribution is -0.0353. The number of H-pyrrole nitrogens is 3. The number of methoxy groups -OCH3 is 1. The number of hydrogen-bond donors (Lipinski definition) is 17. The highest BCUT2D eigenvalue weighted by atomic mass is 35.5. The second-order valence-electron chi connectivity index (χ2n) is 36.9. The molecule has 5 aliphatic heterocycles. The number of aromatic nitrogens is 20. The zero-order valence-corrected chi connectivity index (χ0v) is 82.7. The first kappa shape index (κ1) is 104. The molecule has 15 heterocycles. The van der Waals surface area contributed by atoms with E-state index in [0.29, 0.717) is 121 Å². The molecule has 5 aliphatic rings. The summed E-state index contributed by atoms with van der Waals surface area (Å²) in [5.41, 5.74) is 13.5. The van der Waals surface area contributed by atoms with Gasteiger partial charge in [-0.2, -0.15) is 34.9 Å².